The monoisotopic (exact) mass is 338 g/mol. The summed E-state index contributed by atoms with van der Waals surface area (Å²) >= 11 is 0. The highest BCUT2D eigenvalue weighted by Crippen LogP contribution is 2.12. The van der Waals surface area contributed by atoms with E-state index in [2.05, 4.69) is 5.10 Å². The van der Waals surface area contributed by atoms with Gasteiger partial charge in [-0.25, -0.2) is 4.79 Å². The first-order valence-corrected chi connectivity index (χ1v) is 8.18. The van der Waals surface area contributed by atoms with Crippen molar-refractivity contribution in [1.82, 2.24) is 19.6 Å². The van der Waals surface area contributed by atoms with Crippen LogP contribution < -0.4 is 0 Å². The Hall–Kier alpha value is -2.05. The quantitative estimate of drug-likeness (QED) is 0.798. The molecule has 2 amide bonds. The molecule has 0 atom stereocenters. The summed E-state index contributed by atoms with van der Waals surface area (Å²) in [5.41, 5.74) is 0.218. The van der Waals surface area contributed by atoms with Gasteiger partial charge in [-0.05, 0) is 32.8 Å². The molecule has 0 unspecified atom stereocenters. The topological polar surface area (TPSA) is 67.7 Å². The molecule has 0 N–H and O–H groups in total. The van der Waals surface area contributed by atoms with Crippen molar-refractivity contribution in [3.8, 4) is 0 Å². The molecule has 1 aromatic heterocycles. The summed E-state index contributed by atoms with van der Waals surface area (Å²) in [6, 6.07) is 1.86. The van der Waals surface area contributed by atoms with Crippen LogP contribution in [0, 0.1) is 5.92 Å². The van der Waals surface area contributed by atoms with E-state index in [1.165, 1.54) is 4.90 Å². The molecule has 0 bridgehead atoms. The van der Waals surface area contributed by atoms with Crippen LogP contribution in [0.5, 0.6) is 0 Å². The molecule has 1 rings (SSSR count). The van der Waals surface area contributed by atoms with Crippen LogP contribution in [0.15, 0.2) is 12.3 Å². The second-order valence-corrected chi connectivity index (χ2v) is 7.49. The van der Waals surface area contributed by atoms with Crippen molar-refractivity contribution in [3.63, 3.8) is 0 Å². The number of hydrogen-bond donors (Lipinski definition) is 0. The number of carbonyl (C=O) groups is 2. The maximum Gasteiger partial charge on any atom is 0.410 e. The van der Waals surface area contributed by atoms with Gasteiger partial charge < -0.3 is 9.64 Å². The van der Waals surface area contributed by atoms with Crippen LogP contribution in [0.4, 0.5) is 4.79 Å². The van der Waals surface area contributed by atoms with Gasteiger partial charge in [0.1, 0.15) is 12.1 Å². The van der Waals surface area contributed by atoms with Crippen molar-refractivity contribution in [2.24, 2.45) is 13.0 Å². The molecule has 136 valence electrons. The van der Waals surface area contributed by atoms with E-state index in [4.69, 9.17) is 4.74 Å². The molecule has 0 saturated heterocycles. The Morgan fingerprint density at radius 3 is 2.42 bits per heavy atom. The number of amides is 2. The zero-order chi connectivity index (χ0) is 18.5. The molecule has 0 aliphatic heterocycles. The highest BCUT2D eigenvalue weighted by atomic mass is 16.6. The summed E-state index contributed by atoms with van der Waals surface area (Å²) in [6.07, 6.45) is 1.37. The molecule has 24 heavy (non-hydrogen) atoms. The van der Waals surface area contributed by atoms with Gasteiger partial charge in [-0.15, -0.1) is 0 Å². The molecular formula is C17H30N4O3. The smallest absolute Gasteiger partial charge is 0.410 e. The van der Waals surface area contributed by atoms with Crippen molar-refractivity contribution in [1.29, 1.82) is 0 Å². The molecule has 0 saturated carbocycles. The van der Waals surface area contributed by atoms with E-state index < -0.39 is 11.7 Å². The summed E-state index contributed by atoms with van der Waals surface area (Å²) in [4.78, 5) is 27.8. The summed E-state index contributed by atoms with van der Waals surface area (Å²) < 4.78 is 7.10. The molecule has 0 radical (unpaired) electrons. The van der Waals surface area contributed by atoms with Crippen molar-refractivity contribution in [3.05, 3.63) is 18.0 Å². The lowest BCUT2D eigenvalue weighted by Gasteiger charge is -2.29. The summed E-state index contributed by atoms with van der Waals surface area (Å²) in [6.45, 7) is 10.3. The predicted molar refractivity (Wildman–Crippen MR) is 92.3 cm³/mol. The van der Waals surface area contributed by atoms with Crippen LogP contribution in [-0.4, -0.2) is 57.3 Å². The van der Waals surface area contributed by atoms with E-state index in [-0.39, 0.29) is 18.4 Å². The Morgan fingerprint density at radius 2 is 1.96 bits per heavy atom. The first kappa shape index (κ1) is 20.0. The van der Waals surface area contributed by atoms with Gasteiger partial charge in [-0.1, -0.05) is 13.8 Å². The standard InChI is InChI=1S/C17H30N4O3/c1-13(2)10-21(16(23)24-17(3,4)5)12-15(22)19(6)11-14-8-9-20(7)18-14/h8-9,13H,10-12H2,1-7H3. The summed E-state index contributed by atoms with van der Waals surface area (Å²) in [5, 5.41) is 4.26. The number of hydrogen-bond acceptors (Lipinski definition) is 4. The van der Waals surface area contributed by atoms with E-state index >= 15 is 0 Å². The third-order valence-corrected chi connectivity index (χ3v) is 3.16. The zero-order valence-electron chi connectivity index (χ0n) is 15.9. The Labute approximate surface area is 144 Å². The molecule has 1 aromatic rings. The molecule has 0 aliphatic carbocycles. The Balaban J connectivity index is 2.70. The van der Waals surface area contributed by atoms with E-state index in [1.807, 2.05) is 53.9 Å². The van der Waals surface area contributed by atoms with Crippen LogP contribution in [0.3, 0.4) is 0 Å². The number of likely N-dealkylation sites (N-methyl/N-ethyl adjacent to an activating group) is 1. The average Bonchev–Trinajstić information content (AvgIpc) is 2.80. The van der Waals surface area contributed by atoms with Gasteiger partial charge in [0.15, 0.2) is 0 Å². The zero-order valence-corrected chi connectivity index (χ0v) is 15.9. The maximum absolute atomic E-state index is 12.5. The third-order valence-electron chi connectivity index (χ3n) is 3.16. The van der Waals surface area contributed by atoms with Gasteiger partial charge in [-0.3, -0.25) is 14.4 Å². The number of nitrogens with zero attached hydrogens (tertiary/aromatic N) is 4. The molecule has 0 aliphatic rings. The van der Waals surface area contributed by atoms with E-state index in [9.17, 15) is 9.59 Å². The number of ether oxygens (including phenoxy) is 1. The van der Waals surface area contributed by atoms with Crippen LogP contribution in [0.1, 0.15) is 40.3 Å². The van der Waals surface area contributed by atoms with E-state index in [1.54, 1.807) is 16.6 Å². The number of aryl methyl sites for hydroxylation is 1. The summed E-state index contributed by atoms with van der Waals surface area (Å²) in [7, 11) is 3.54. The van der Waals surface area contributed by atoms with Gasteiger partial charge in [-0.2, -0.15) is 5.10 Å². The lowest BCUT2D eigenvalue weighted by Crippen LogP contribution is -2.45. The largest absolute Gasteiger partial charge is 0.444 e. The fourth-order valence-electron chi connectivity index (χ4n) is 2.13. The molecular weight excluding hydrogens is 308 g/mol. The van der Waals surface area contributed by atoms with Crippen LogP contribution >= 0.6 is 0 Å². The Morgan fingerprint density at radius 1 is 1.33 bits per heavy atom. The average molecular weight is 338 g/mol. The van der Waals surface area contributed by atoms with Crippen molar-refractivity contribution < 1.29 is 14.3 Å². The second kappa shape index (κ2) is 8.17. The highest BCUT2D eigenvalue weighted by molar-refractivity contribution is 5.82. The predicted octanol–water partition coefficient (Wildman–Crippen LogP) is 2.27. The van der Waals surface area contributed by atoms with Crippen molar-refractivity contribution >= 4 is 12.0 Å². The number of aromatic nitrogens is 2. The minimum atomic E-state index is -0.588. The maximum atomic E-state index is 12.5. The minimum Gasteiger partial charge on any atom is -0.444 e. The molecule has 7 nitrogen and oxygen atoms in total. The number of rotatable bonds is 6. The SMILES string of the molecule is CC(C)CN(CC(=O)N(C)Cc1ccn(C)n1)C(=O)OC(C)(C)C. The van der Waals surface area contributed by atoms with E-state index in [0.717, 1.165) is 5.69 Å². The van der Waals surface area contributed by atoms with Gasteiger partial charge in [0.25, 0.3) is 0 Å². The molecule has 1 heterocycles. The fraction of sp³-hybridized carbons (Fsp3) is 0.706. The molecule has 0 spiro atoms. The normalized spacial score (nSPS) is 11.5. The first-order valence-electron chi connectivity index (χ1n) is 8.18. The van der Waals surface area contributed by atoms with Crippen LogP contribution in [0.2, 0.25) is 0 Å². The van der Waals surface area contributed by atoms with Gasteiger partial charge in [0, 0.05) is 26.8 Å². The van der Waals surface area contributed by atoms with Crippen LogP contribution in [0.25, 0.3) is 0 Å². The first-order chi connectivity index (χ1) is 11.0. The number of carbonyl (C=O) groups excluding carboxylic acids is 2. The fourth-order valence-corrected chi connectivity index (χ4v) is 2.13. The Kier molecular flexibility index (Phi) is 6.81. The van der Waals surface area contributed by atoms with Gasteiger partial charge in [0.2, 0.25) is 5.91 Å². The Bertz CT molecular complexity index is 560. The third kappa shape index (κ3) is 7.02. The molecule has 0 fully saturated rings. The molecule has 7 heteroatoms. The van der Waals surface area contributed by atoms with E-state index in [0.29, 0.717) is 13.1 Å². The lowest BCUT2D eigenvalue weighted by atomic mass is 10.2. The van der Waals surface area contributed by atoms with Gasteiger partial charge >= 0.3 is 6.09 Å². The highest BCUT2D eigenvalue weighted by Gasteiger charge is 2.25. The minimum absolute atomic E-state index is 0.00354. The lowest BCUT2D eigenvalue weighted by molar-refractivity contribution is -0.131. The second-order valence-electron chi connectivity index (χ2n) is 7.49. The van der Waals surface area contributed by atoms with Crippen molar-refractivity contribution in [2.45, 2.75) is 46.8 Å². The molecule has 0 aromatic carbocycles. The van der Waals surface area contributed by atoms with Crippen molar-refractivity contribution in [2.75, 3.05) is 20.1 Å². The summed E-state index contributed by atoms with van der Waals surface area (Å²) in [5.74, 6) is 0.0959. The van der Waals surface area contributed by atoms with Gasteiger partial charge in [0.05, 0.1) is 12.2 Å². The van der Waals surface area contributed by atoms with Crippen LogP contribution in [-0.2, 0) is 23.1 Å².